The van der Waals surface area contributed by atoms with Gasteiger partial charge in [0.1, 0.15) is 0 Å². The van der Waals surface area contributed by atoms with E-state index in [0.29, 0.717) is 0 Å². The molecule has 0 saturated carbocycles. The minimum absolute atomic E-state index is 5.65. The minimum Gasteiger partial charge on any atom is -0.741 e. The highest BCUT2D eigenvalue weighted by atomic mass is 32.2. The minimum atomic E-state index is -6.09. The fourth-order valence-electron chi connectivity index (χ4n) is 0. The maximum atomic E-state index is 10.7. The smallest absolute Gasteiger partial charge is 0.485 e. The molecule has 0 bridgehead atoms. The third-order valence-corrected chi connectivity index (χ3v) is 0.850. The van der Waals surface area contributed by atoms with Crippen molar-refractivity contribution in [3.63, 3.8) is 0 Å². The summed E-state index contributed by atoms with van der Waals surface area (Å²) in [5, 5.41) is 0. The van der Waals surface area contributed by atoms with Gasteiger partial charge in [-0.3, -0.25) is 0 Å². The molecule has 0 unspecified atom stereocenters. The molecule has 0 radical (unpaired) electrons. The Hall–Kier alpha value is -0.300. The molecule has 0 aromatic rings. The molecular weight excluding hydrogens is 151 g/mol. The first-order chi connectivity index (χ1) is 3.25. The van der Waals surface area contributed by atoms with Crippen LogP contribution in [0.3, 0.4) is 0 Å². The third-order valence-electron chi connectivity index (χ3n) is 0.283. The van der Waals surface area contributed by atoms with E-state index in [1.165, 1.54) is 0 Å². The van der Waals surface area contributed by atoms with Crippen LogP contribution in [-0.2, 0) is 10.1 Å². The molecular formula is CF3O3S-. The second-order valence-electron chi connectivity index (χ2n) is 0.900. The summed E-state index contributed by atoms with van der Waals surface area (Å²) in [5.74, 6) is 0. The van der Waals surface area contributed by atoms with Gasteiger partial charge in [0.05, 0.1) is 0 Å². The zero-order chi connectivity index (χ0) is 7.00. The van der Waals surface area contributed by atoms with Gasteiger partial charge in [0, 0.05) is 0 Å². The van der Waals surface area contributed by atoms with E-state index in [2.05, 4.69) is 0 Å². The Bertz CT molecular complexity index is 163. The summed E-state index contributed by atoms with van der Waals surface area (Å²) in [6, 6.07) is 0. The van der Waals surface area contributed by atoms with Gasteiger partial charge in [-0.25, -0.2) is 8.42 Å². The monoisotopic (exact) mass is 151 g/mol. The van der Waals surface area contributed by atoms with Crippen LogP contribution in [-0.4, -0.2) is 18.5 Å². The van der Waals surface area contributed by atoms with Crippen molar-refractivity contribution in [1.82, 2.24) is 0 Å². The second-order valence-corrected chi connectivity index (χ2v) is 2.27. The van der Waals surface area contributed by atoms with Crippen LogP contribution in [0.2, 0.25) is 0 Å². The zero-order valence-electron chi connectivity index (χ0n) is 3.27. The molecule has 0 aromatic heterocycles. The second kappa shape index (κ2) is 1.59. The molecule has 0 aliphatic heterocycles. The molecule has 0 N–H and O–H groups in total. The van der Waals surface area contributed by atoms with E-state index in [1.807, 2.05) is 0 Å². The number of hydrogen-bond acceptors (Lipinski definition) is 3. The molecule has 0 aliphatic carbocycles. The van der Waals surface area contributed by atoms with Crippen molar-refractivity contribution >= 4 is 10.1 Å². The molecule has 3 nitrogen and oxygen atoms in total. The van der Waals surface area contributed by atoms with Gasteiger partial charge in [-0.2, -0.15) is 13.2 Å². The van der Waals surface area contributed by atoms with Gasteiger partial charge in [-0.05, 0) is 0 Å². The third kappa shape index (κ3) is 1.66. The van der Waals surface area contributed by atoms with E-state index in [-0.39, 0.29) is 0 Å². The lowest BCUT2D eigenvalue weighted by Crippen LogP contribution is -2.21. The van der Waals surface area contributed by atoms with Crippen molar-refractivity contribution in [1.29, 1.82) is 0 Å². The van der Waals surface area contributed by atoms with Crippen LogP contribution in [0.15, 0.2) is 0 Å². The first-order valence-corrected chi connectivity index (χ1v) is 2.68. The van der Waals surface area contributed by atoms with Crippen molar-refractivity contribution in [2.24, 2.45) is 0 Å². The van der Waals surface area contributed by atoms with Gasteiger partial charge < -0.3 is 4.55 Å². The van der Waals surface area contributed by atoms with Crippen molar-refractivity contribution < 1.29 is 26.1 Å². The molecule has 0 amide bonds. The van der Waals surface area contributed by atoms with Crippen molar-refractivity contribution in [3.8, 4) is 0 Å². The number of hydrogen-bond donors (Lipinski definition) is 0. The van der Waals surface area contributed by atoms with Gasteiger partial charge in [0.15, 0.2) is 10.1 Å². The zero-order valence-corrected chi connectivity index (χ0v) is 4.08. The van der Waals surface area contributed by atoms with E-state index in [1.54, 1.807) is 0 Å². The lowest BCUT2D eigenvalue weighted by molar-refractivity contribution is -0.0517. The van der Waals surface area contributed by atoms with E-state index in [9.17, 15) is 13.2 Å². The van der Waals surface area contributed by atoms with Gasteiger partial charge in [0.2, 0.25) is 0 Å². The lowest BCUT2D eigenvalue weighted by Gasteiger charge is -2.08. The van der Waals surface area contributed by atoms with Gasteiger partial charge >= 0.3 is 5.51 Å². The number of halogens is 3. The molecule has 0 fully saturated rings. The van der Waals surface area contributed by atoms with Crippen LogP contribution >= 0.6 is 0 Å². The maximum absolute atomic E-state index is 10.7. The van der Waals surface area contributed by atoms with Crippen molar-refractivity contribution in [2.75, 3.05) is 0 Å². The highest BCUT2D eigenvalue weighted by Crippen LogP contribution is 2.20. The summed E-state index contributed by atoms with van der Waals surface area (Å²) in [4.78, 5) is 0. The van der Waals surface area contributed by atoms with Crippen LogP contribution in [0.4, 0.5) is 13.2 Å². The SMILES string of the molecule is O=S(=O)([18O-])C(F)(F)F. The molecule has 7 heteroatoms. The molecule has 0 atom stereocenters. The highest BCUT2D eigenvalue weighted by molar-refractivity contribution is 7.86. The Kier molecular flexibility index (Phi) is 1.53. The van der Waals surface area contributed by atoms with E-state index in [0.717, 1.165) is 0 Å². The highest BCUT2D eigenvalue weighted by Gasteiger charge is 2.36. The van der Waals surface area contributed by atoms with Crippen LogP contribution in [0.1, 0.15) is 0 Å². The largest absolute Gasteiger partial charge is 0.741 e. The van der Waals surface area contributed by atoms with Crippen LogP contribution in [0.25, 0.3) is 0 Å². The van der Waals surface area contributed by atoms with Crippen LogP contribution in [0.5, 0.6) is 0 Å². The van der Waals surface area contributed by atoms with E-state index >= 15 is 0 Å². The van der Waals surface area contributed by atoms with Crippen LogP contribution < -0.4 is 0 Å². The quantitative estimate of drug-likeness (QED) is 0.279. The van der Waals surface area contributed by atoms with Crippen molar-refractivity contribution in [2.45, 2.75) is 5.51 Å². The van der Waals surface area contributed by atoms with Gasteiger partial charge in [0.25, 0.3) is 0 Å². The summed E-state index contributed by atoms with van der Waals surface area (Å²) in [5.41, 5.74) is -5.65. The average Bonchev–Trinajstić information content (AvgIpc) is 1.25. The first kappa shape index (κ1) is 7.70. The molecule has 0 heterocycles. The molecule has 0 aliphatic rings. The summed E-state index contributed by atoms with van der Waals surface area (Å²) < 4.78 is 58.9. The van der Waals surface area contributed by atoms with E-state index < -0.39 is 15.6 Å². The average molecular weight is 151 g/mol. The molecule has 8 heavy (non-hydrogen) atoms. The fourth-order valence-corrected chi connectivity index (χ4v) is 0. The molecule has 0 spiro atoms. The molecule has 0 rings (SSSR count). The van der Waals surface area contributed by atoms with Gasteiger partial charge in [-0.15, -0.1) is 0 Å². The Labute approximate surface area is 42.9 Å². The lowest BCUT2D eigenvalue weighted by atomic mass is 11.6. The van der Waals surface area contributed by atoms with Gasteiger partial charge in [-0.1, -0.05) is 0 Å². The number of rotatable bonds is 0. The summed E-state index contributed by atoms with van der Waals surface area (Å²) in [6.45, 7) is 0. The maximum Gasteiger partial charge on any atom is 0.485 e. The number of alkyl halides is 3. The standard InChI is InChI=1S/CHF3O3S/c2-1(3,4)8(5,6)7/h(H,5,6,7)/p-1/i5+2. The molecule has 0 aromatic carbocycles. The van der Waals surface area contributed by atoms with E-state index in [4.69, 9.17) is 13.0 Å². The summed E-state index contributed by atoms with van der Waals surface area (Å²) in [6.07, 6.45) is 0. The fraction of sp³-hybridized carbons (Fsp3) is 1.00. The predicted molar refractivity (Wildman–Crippen MR) is 15.8 cm³/mol. The molecule has 50 valence electrons. The predicted octanol–water partition coefficient (Wildman–Crippen LogP) is 0.0514. The Morgan fingerprint density at radius 3 is 1.38 bits per heavy atom. The summed E-state index contributed by atoms with van der Waals surface area (Å²) >= 11 is 0. The Balaban J connectivity index is 4.53. The van der Waals surface area contributed by atoms with Crippen molar-refractivity contribution in [3.05, 3.63) is 0 Å². The molecule has 0 saturated heterocycles. The van der Waals surface area contributed by atoms with Crippen LogP contribution in [0, 0.1) is 0 Å². The summed E-state index contributed by atoms with van der Waals surface area (Å²) in [7, 11) is -6.09. The first-order valence-electron chi connectivity index (χ1n) is 1.27. The Morgan fingerprint density at radius 2 is 1.38 bits per heavy atom. The topological polar surface area (TPSA) is 57.2 Å². The normalized spacial score (nSPS) is 14.0. The Morgan fingerprint density at radius 1 is 1.25 bits per heavy atom.